The first-order valence-corrected chi connectivity index (χ1v) is 12.0. The molecule has 0 N–H and O–H groups in total. The van der Waals surface area contributed by atoms with Crippen molar-refractivity contribution in [2.75, 3.05) is 19.7 Å². The third kappa shape index (κ3) is 6.10. The summed E-state index contributed by atoms with van der Waals surface area (Å²) in [5, 5.41) is 8.18. The Balaban J connectivity index is 1.30. The lowest BCUT2D eigenvalue weighted by atomic mass is 9.78. The van der Waals surface area contributed by atoms with Crippen molar-refractivity contribution in [3.63, 3.8) is 0 Å². The highest BCUT2D eigenvalue weighted by molar-refractivity contribution is 5.76. The van der Waals surface area contributed by atoms with Gasteiger partial charge in [0, 0.05) is 31.5 Å². The van der Waals surface area contributed by atoms with Gasteiger partial charge in [-0.3, -0.25) is 9.59 Å². The van der Waals surface area contributed by atoms with Crippen LogP contribution in [-0.4, -0.2) is 46.7 Å². The van der Waals surface area contributed by atoms with Crippen molar-refractivity contribution >= 4 is 11.9 Å². The molecule has 2 aromatic carbocycles. The van der Waals surface area contributed by atoms with E-state index in [1.54, 1.807) is 0 Å². The SMILES string of the molecule is CCOC(=O)C[C@H](c1ccccc1)C1CCN(C(=O)CCc2nnc(-c3ccccc3)o2)CC1. The molecule has 3 aromatic rings. The summed E-state index contributed by atoms with van der Waals surface area (Å²) in [6.07, 6.45) is 2.87. The molecule has 1 fully saturated rings. The summed E-state index contributed by atoms with van der Waals surface area (Å²) >= 11 is 0. The number of hydrogen-bond donors (Lipinski definition) is 0. The number of piperidine rings is 1. The van der Waals surface area contributed by atoms with Crippen LogP contribution in [0.25, 0.3) is 11.5 Å². The van der Waals surface area contributed by atoms with Crippen LogP contribution in [0.5, 0.6) is 0 Å². The normalized spacial score (nSPS) is 15.1. The van der Waals surface area contributed by atoms with Crippen molar-refractivity contribution in [2.45, 2.75) is 44.9 Å². The summed E-state index contributed by atoms with van der Waals surface area (Å²) in [7, 11) is 0. The Morgan fingerprint density at radius 2 is 1.71 bits per heavy atom. The van der Waals surface area contributed by atoms with E-state index in [2.05, 4.69) is 22.3 Å². The van der Waals surface area contributed by atoms with E-state index in [1.165, 1.54) is 0 Å². The fraction of sp³-hybridized carbons (Fsp3) is 0.407. The van der Waals surface area contributed by atoms with Crippen molar-refractivity contribution in [3.8, 4) is 11.5 Å². The van der Waals surface area contributed by atoms with Crippen molar-refractivity contribution in [3.05, 3.63) is 72.1 Å². The molecule has 0 spiro atoms. The lowest BCUT2D eigenvalue weighted by Crippen LogP contribution is -2.40. The molecule has 1 amide bonds. The Hall–Kier alpha value is -3.48. The summed E-state index contributed by atoms with van der Waals surface area (Å²) in [5.74, 6) is 1.31. The molecule has 0 unspecified atom stereocenters. The van der Waals surface area contributed by atoms with Gasteiger partial charge in [0.1, 0.15) is 0 Å². The van der Waals surface area contributed by atoms with Gasteiger partial charge in [0.2, 0.25) is 17.7 Å². The monoisotopic (exact) mass is 461 g/mol. The second kappa shape index (κ2) is 11.6. The fourth-order valence-electron chi connectivity index (χ4n) is 4.63. The van der Waals surface area contributed by atoms with Crippen molar-refractivity contribution in [2.24, 2.45) is 5.92 Å². The summed E-state index contributed by atoms with van der Waals surface area (Å²) in [4.78, 5) is 27.0. The number of hydrogen-bond acceptors (Lipinski definition) is 6. The largest absolute Gasteiger partial charge is 0.466 e. The van der Waals surface area contributed by atoms with E-state index in [0.717, 1.165) is 24.0 Å². The van der Waals surface area contributed by atoms with Crippen molar-refractivity contribution in [1.82, 2.24) is 15.1 Å². The summed E-state index contributed by atoms with van der Waals surface area (Å²) in [5.41, 5.74) is 2.02. The molecule has 1 aliphatic rings. The Morgan fingerprint density at radius 3 is 2.38 bits per heavy atom. The van der Waals surface area contributed by atoms with Gasteiger partial charge < -0.3 is 14.1 Å². The van der Waals surface area contributed by atoms with E-state index < -0.39 is 0 Å². The van der Waals surface area contributed by atoms with Gasteiger partial charge in [0.15, 0.2) is 0 Å². The molecule has 1 saturated heterocycles. The smallest absolute Gasteiger partial charge is 0.306 e. The maximum atomic E-state index is 12.8. The van der Waals surface area contributed by atoms with Gasteiger partial charge in [0.05, 0.1) is 13.0 Å². The standard InChI is InChI=1S/C27H31N3O4/c1-2-33-26(32)19-23(20-9-5-3-6-10-20)21-15-17-30(18-16-21)25(31)14-13-24-28-29-27(34-24)22-11-7-4-8-12-22/h3-12,21,23H,2,13-19H2,1H3/t23-/m1/s1. The van der Waals surface area contributed by atoms with E-state index in [9.17, 15) is 9.59 Å². The van der Waals surface area contributed by atoms with Crippen LogP contribution in [0.1, 0.15) is 50.0 Å². The number of carbonyl (C=O) groups excluding carboxylic acids is 2. The first-order valence-electron chi connectivity index (χ1n) is 12.0. The van der Waals surface area contributed by atoms with E-state index >= 15 is 0 Å². The molecule has 178 valence electrons. The number of rotatable bonds is 9. The van der Waals surface area contributed by atoms with Gasteiger partial charge in [-0.1, -0.05) is 48.5 Å². The van der Waals surface area contributed by atoms with Crippen LogP contribution in [0, 0.1) is 5.92 Å². The highest BCUT2D eigenvalue weighted by Gasteiger charge is 2.31. The molecule has 34 heavy (non-hydrogen) atoms. The second-order valence-corrected chi connectivity index (χ2v) is 8.61. The molecular formula is C27H31N3O4. The fourth-order valence-corrected chi connectivity index (χ4v) is 4.63. The van der Waals surface area contributed by atoms with Crippen LogP contribution >= 0.6 is 0 Å². The molecular weight excluding hydrogens is 430 g/mol. The molecule has 0 radical (unpaired) electrons. The highest BCUT2D eigenvalue weighted by Crippen LogP contribution is 2.35. The number of benzene rings is 2. The number of aromatic nitrogens is 2. The third-order valence-corrected chi connectivity index (χ3v) is 6.42. The Bertz CT molecular complexity index is 1060. The average molecular weight is 462 g/mol. The number of nitrogens with zero attached hydrogens (tertiary/aromatic N) is 3. The predicted molar refractivity (Wildman–Crippen MR) is 128 cm³/mol. The van der Waals surface area contributed by atoms with Crippen molar-refractivity contribution < 1.29 is 18.7 Å². The average Bonchev–Trinajstić information content (AvgIpc) is 3.36. The maximum absolute atomic E-state index is 12.8. The molecule has 0 bridgehead atoms. The third-order valence-electron chi connectivity index (χ3n) is 6.42. The molecule has 1 atom stereocenters. The molecule has 1 aromatic heterocycles. The number of esters is 1. The second-order valence-electron chi connectivity index (χ2n) is 8.61. The molecule has 0 saturated carbocycles. The lowest BCUT2D eigenvalue weighted by Gasteiger charge is -2.36. The predicted octanol–water partition coefficient (Wildman–Crippen LogP) is 4.64. The Kier molecular flexibility index (Phi) is 8.07. The number of likely N-dealkylation sites (tertiary alicyclic amines) is 1. The van der Waals surface area contributed by atoms with E-state index in [1.807, 2.05) is 60.4 Å². The molecule has 1 aliphatic heterocycles. The Morgan fingerprint density at radius 1 is 1.03 bits per heavy atom. The zero-order chi connectivity index (χ0) is 23.8. The van der Waals surface area contributed by atoms with Crippen LogP contribution in [0.3, 0.4) is 0 Å². The minimum atomic E-state index is -0.163. The first-order chi connectivity index (χ1) is 16.6. The number of amides is 1. The van der Waals surface area contributed by atoms with Crippen LogP contribution in [0.15, 0.2) is 65.1 Å². The zero-order valence-corrected chi connectivity index (χ0v) is 19.6. The Labute approximate surface area is 200 Å². The molecule has 7 nitrogen and oxygen atoms in total. The first kappa shape index (κ1) is 23.7. The van der Waals surface area contributed by atoms with E-state index in [4.69, 9.17) is 9.15 Å². The number of ether oxygens (including phenoxy) is 1. The minimum Gasteiger partial charge on any atom is -0.466 e. The quantitative estimate of drug-likeness (QED) is 0.432. The van der Waals surface area contributed by atoms with Crippen LogP contribution in [-0.2, 0) is 20.7 Å². The van der Waals surface area contributed by atoms with Crippen LogP contribution in [0.4, 0.5) is 0 Å². The van der Waals surface area contributed by atoms with E-state index in [0.29, 0.717) is 56.7 Å². The summed E-state index contributed by atoms with van der Waals surface area (Å²) < 4.78 is 10.9. The van der Waals surface area contributed by atoms with Gasteiger partial charge in [-0.2, -0.15) is 0 Å². The van der Waals surface area contributed by atoms with Gasteiger partial charge in [-0.25, -0.2) is 0 Å². The zero-order valence-electron chi connectivity index (χ0n) is 19.6. The summed E-state index contributed by atoms with van der Waals surface area (Å²) in [6, 6.07) is 19.8. The maximum Gasteiger partial charge on any atom is 0.306 e. The highest BCUT2D eigenvalue weighted by atomic mass is 16.5. The van der Waals surface area contributed by atoms with Crippen LogP contribution in [0.2, 0.25) is 0 Å². The lowest BCUT2D eigenvalue weighted by molar-refractivity contribution is -0.144. The van der Waals surface area contributed by atoms with E-state index in [-0.39, 0.29) is 17.8 Å². The molecule has 2 heterocycles. The van der Waals surface area contributed by atoms with Crippen molar-refractivity contribution in [1.29, 1.82) is 0 Å². The summed E-state index contributed by atoms with van der Waals surface area (Å²) in [6.45, 7) is 3.60. The molecule has 7 heteroatoms. The topological polar surface area (TPSA) is 85.5 Å². The van der Waals surface area contributed by atoms with Gasteiger partial charge in [0.25, 0.3) is 0 Å². The number of carbonyl (C=O) groups is 2. The molecule has 4 rings (SSSR count). The van der Waals surface area contributed by atoms with Gasteiger partial charge in [-0.15, -0.1) is 10.2 Å². The van der Waals surface area contributed by atoms with Crippen LogP contribution < -0.4 is 0 Å². The van der Waals surface area contributed by atoms with Gasteiger partial charge >= 0.3 is 5.97 Å². The number of aryl methyl sites for hydroxylation is 1. The minimum absolute atomic E-state index is 0.0968. The van der Waals surface area contributed by atoms with Gasteiger partial charge in [-0.05, 0) is 49.3 Å². The molecule has 0 aliphatic carbocycles.